The summed E-state index contributed by atoms with van der Waals surface area (Å²) in [6, 6.07) is 10.3. The smallest absolute Gasteiger partial charge is 0.333 e. The number of esters is 1. The summed E-state index contributed by atoms with van der Waals surface area (Å²) in [5.41, 5.74) is 1.64. The van der Waals surface area contributed by atoms with Gasteiger partial charge < -0.3 is 13.6 Å². The summed E-state index contributed by atoms with van der Waals surface area (Å²) < 4.78 is 18.8. The SMILES string of the molecule is COC(=O)/C(C)=C/C=C/C(O[Si](C)(C)C(C)(C)C)C(O[Si](C)(C)C(C)(C)C)c1ccccc1. The molecule has 0 fully saturated rings. The van der Waals surface area contributed by atoms with E-state index in [1.54, 1.807) is 13.0 Å². The lowest BCUT2D eigenvalue weighted by atomic mass is 10.0. The summed E-state index contributed by atoms with van der Waals surface area (Å²) in [4.78, 5) is 11.8. The van der Waals surface area contributed by atoms with E-state index < -0.39 is 16.6 Å². The van der Waals surface area contributed by atoms with Crippen LogP contribution in [-0.2, 0) is 18.4 Å². The second kappa shape index (κ2) is 11.3. The van der Waals surface area contributed by atoms with Gasteiger partial charge in [-0.2, -0.15) is 0 Å². The monoisotopic (exact) mass is 490 g/mol. The molecule has 0 saturated carbocycles. The topological polar surface area (TPSA) is 44.8 Å². The van der Waals surface area contributed by atoms with Gasteiger partial charge in [-0.05, 0) is 48.8 Å². The van der Waals surface area contributed by atoms with Crippen LogP contribution in [0.3, 0.4) is 0 Å². The predicted molar refractivity (Wildman–Crippen MR) is 144 cm³/mol. The third-order valence-corrected chi connectivity index (χ3v) is 16.0. The summed E-state index contributed by atoms with van der Waals surface area (Å²) in [5.74, 6) is -0.335. The van der Waals surface area contributed by atoms with Crippen molar-refractivity contribution >= 4 is 22.6 Å². The maximum atomic E-state index is 11.8. The van der Waals surface area contributed by atoms with E-state index >= 15 is 0 Å². The number of carbonyl (C=O) groups is 1. The second-order valence-electron chi connectivity index (χ2n) is 11.8. The van der Waals surface area contributed by atoms with Gasteiger partial charge in [0.15, 0.2) is 16.6 Å². The standard InChI is InChI=1S/C27H46O4Si2/c1-21(25(28)29-8)17-16-20-23(30-32(9,10)26(2,3)4)24(22-18-14-13-15-19-22)31-33(11,12)27(5,6)7/h13-20,23-24H,1-12H3/b20-16+,21-17+. The van der Waals surface area contributed by atoms with Crippen molar-refractivity contribution in [3.63, 3.8) is 0 Å². The van der Waals surface area contributed by atoms with E-state index in [1.165, 1.54) is 7.11 Å². The van der Waals surface area contributed by atoms with Gasteiger partial charge in [0.1, 0.15) is 0 Å². The Bertz CT molecular complexity index is 828. The van der Waals surface area contributed by atoms with Gasteiger partial charge in [0.25, 0.3) is 0 Å². The Morgan fingerprint density at radius 2 is 1.36 bits per heavy atom. The quantitative estimate of drug-likeness (QED) is 0.153. The van der Waals surface area contributed by atoms with Gasteiger partial charge in [-0.3, -0.25) is 0 Å². The van der Waals surface area contributed by atoms with Crippen molar-refractivity contribution in [1.29, 1.82) is 0 Å². The van der Waals surface area contributed by atoms with E-state index in [0.717, 1.165) is 5.56 Å². The van der Waals surface area contributed by atoms with Gasteiger partial charge in [0, 0.05) is 5.57 Å². The third-order valence-electron chi connectivity index (χ3n) is 7.05. The Morgan fingerprint density at radius 1 is 0.879 bits per heavy atom. The molecule has 2 atom stereocenters. The van der Waals surface area contributed by atoms with Crippen LogP contribution in [0, 0.1) is 0 Å². The Hall–Kier alpha value is -1.48. The van der Waals surface area contributed by atoms with Crippen LogP contribution in [0.1, 0.15) is 60.1 Å². The molecule has 1 aromatic carbocycles. The van der Waals surface area contributed by atoms with E-state index in [0.29, 0.717) is 5.57 Å². The van der Waals surface area contributed by atoms with Gasteiger partial charge in [0.05, 0.1) is 19.3 Å². The molecule has 0 amide bonds. The molecule has 0 radical (unpaired) electrons. The molecule has 0 bridgehead atoms. The van der Waals surface area contributed by atoms with Gasteiger partial charge in [0.2, 0.25) is 0 Å². The molecule has 0 aliphatic rings. The predicted octanol–water partition coefficient (Wildman–Crippen LogP) is 7.82. The molecule has 0 saturated heterocycles. The zero-order valence-corrected chi connectivity index (χ0v) is 24.9. The molecule has 186 valence electrons. The number of methoxy groups -OCH3 is 1. The first-order valence-electron chi connectivity index (χ1n) is 11.8. The van der Waals surface area contributed by atoms with Gasteiger partial charge in [-0.25, -0.2) is 4.79 Å². The summed E-state index contributed by atoms with van der Waals surface area (Å²) in [7, 11) is -2.83. The Morgan fingerprint density at radius 3 is 1.82 bits per heavy atom. The fraction of sp³-hybridized carbons (Fsp3) is 0.593. The molecule has 0 aliphatic heterocycles. The minimum absolute atomic E-state index is 0.0507. The number of benzene rings is 1. The highest BCUT2D eigenvalue weighted by Crippen LogP contribution is 2.43. The number of carbonyl (C=O) groups excluding carboxylic acids is 1. The van der Waals surface area contributed by atoms with Crippen molar-refractivity contribution in [3.05, 3.63) is 59.7 Å². The van der Waals surface area contributed by atoms with Crippen LogP contribution in [0.4, 0.5) is 0 Å². The molecular weight excluding hydrogens is 444 g/mol. The Kier molecular flexibility index (Phi) is 10.1. The van der Waals surface area contributed by atoms with E-state index in [4.69, 9.17) is 13.6 Å². The first kappa shape index (κ1) is 29.6. The second-order valence-corrected chi connectivity index (χ2v) is 21.3. The number of rotatable bonds is 9. The molecule has 33 heavy (non-hydrogen) atoms. The van der Waals surface area contributed by atoms with Crippen LogP contribution in [0.5, 0.6) is 0 Å². The van der Waals surface area contributed by atoms with Crippen molar-refractivity contribution < 1.29 is 18.4 Å². The van der Waals surface area contributed by atoms with E-state index in [1.807, 2.05) is 30.4 Å². The Labute approximate surface area is 204 Å². The highest BCUT2D eigenvalue weighted by molar-refractivity contribution is 6.74. The number of hydrogen-bond donors (Lipinski definition) is 0. The third kappa shape index (κ3) is 8.35. The van der Waals surface area contributed by atoms with Crippen LogP contribution in [0.2, 0.25) is 36.3 Å². The first-order valence-corrected chi connectivity index (χ1v) is 17.6. The molecule has 0 heterocycles. The molecular formula is C27H46O4Si2. The maximum Gasteiger partial charge on any atom is 0.333 e. The van der Waals surface area contributed by atoms with E-state index in [-0.39, 0.29) is 28.3 Å². The lowest BCUT2D eigenvalue weighted by Crippen LogP contribution is -2.48. The van der Waals surface area contributed by atoms with Gasteiger partial charge in [-0.15, -0.1) is 0 Å². The van der Waals surface area contributed by atoms with E-state index in [2.05, 4.69) is 79.9 Å². The molecule has 0 spiro atoms. The van der Waals surface area contributed by atoms with Crippen LogP contribution in [0.25, 0.3) is 0 Å². The number of ether oxygens (including phenoxy) is 1. The lowest BCUT2D eigenvalue weighted by Gasteiger charge is -2.44. The van der Waals surface area contributed by atoms with Crippen molar-refractivity contribution in [1.82, 2.24) is 0 Å². The fourth-order valence-corrected chi connectivity index (χ4v) is 5.21. The molecule has 2 unspecified atom stereocenters. The average molecular weight is 491 g/mol. The summed E-state index contributed by atoms with van der Waals surface area (Å²) >= 11 is 0. The fourth-order valence-electron chi connectivity index (χ4n) is 2.72. The lowest BCUT2D eigenvalue weighted by molar-refractivity contribution is -0.136. The highest BCUT2D eigenvalue weighted by atomic mass is 28.4. The van der Waals surface area contributed by atoms with Gasteiger partial charge >= 0.3 is 5.97 Å². The Balaban J connectivity index is 3.56. The first-order chi connectivity index (χ1) is 14.9. The minimum Gasteiger partial charge on any atom is -0.466 e. The van der Waals surface area contributed by atoms with Crippen LogP contribution < -0.4 is 0 Å². The van der Waals surface area contributed by atoms with Crippen molar-refractivity contribution in [2.45, 2.75) is 96.9 Å². The van der Waals surface area contributed by atoms with Crippen LogP contribution >= 0.6 is 0 Å². The van der Waals surface area contributed by atoms with E-state index in [9.17, 15) is 4.79 Å². The van der Waals surface area contributed by atoms with Crippen LogP contribution in [-0.4, -0.2) is 35.8 Å². The maximum absolute atomic E-state index is 11.8. The summed E-state index contributed by atoms with van der Waals surface area (Å²) in [5, 5.41) is 0.113. The van der Waals surface area contributed by atoms with Gasteiger partial charge in [-0.1, -0.05) is 90.1 Å². The number of hydrogen-bond acceptors (Lipinski definition) is 4. The average Bonchev–Trinajstić information content (AvgIpc) is 2.69. The zero-order chi connectivity index (χ0) is 25.7. The van der Waals surface area contributed by atoms with Crippen molar-refractivity contribution in [2.24, 2.45) is 0 Å². The molecule has 6 heteroatoms. The number of allylic oxidation sites excluding steroid dienone is 2. The summed E-state index contributed by atoms with van der Waals surface area (Å²) in [6.07, 6.45) is 5.18. The normalized spacial score (nSPS) is 16.1. The highest BCUT2D eigenvalue weighted by Gasteiger charge is 2.44. The van der Waals surface area contributed by atoms with Crippen LogP contribution in [0.15, 0.2) is 54.1 Å². The molecule has 0 aliphatic carbocycles. The molecule has 0 aromatic heterocycles. The molecule has 1 rings (SSSR count). The van der Waals surface area contributed by atoms with Crippen molar-refractivity contribution in [2.75, 3.05) is 7.11 Å². The minimum atomic E-state index is -2.12. The summed E-state index contributed by atoms with van der Waals surface area (Å²) in [6.45, 7) is 24.3. The molecule has 0 N–H and O–H groups in total. The molecule has 4 nitrogen and oxygen atoms in total. The largest absolute Gasteiger partial charge is 0.466 e. The van der Waals surface area contributed by atoms with Crippen molar-refractivity contribution in [3.8, 4) is 0 Å². The molecule has 1 aromatic rings. The zero-order valence-electron chi connectivity index (χ0n) is 22.9.